The van der Waals surface area contributed by atoms with E-state index in [1.165, 1.54) is 19.4 Å². The first kappa shape index (κ1) is 11.7. The van der Waals surface area contributed by atoms with Crippen molar-refractivity contribution in [2.75, 3.05) is 27.7 Å². The molecule has 1 aliphatic carbocycles. The van der Waals surface area contributed by atoms with E-state index in [1.807, 2.05) is 0 Å². The highest BCUT2D eigenvalue weighted by atomic mass is 15.3. The van der Waals surface area contributed by atoms with E-state index in [-0.39, 0.29) is 0 Å². The molecule has 0 aromatic heterocycles. The van der Waals surface area contributed by atoms with E-state index in [1.54, 1.807) is 5.56 Å². The summed E-state index contributed by atoms with van der Waals surface area (Å²) in [6.07, 6.45) is 2.69. The van der Waals surface area contributed by atoms with Crippen molar-refractivity contribution in [3.05, 3.63) is 35.9 Å². The highest BCUT2D eigenvalue weighted by molar-refractivity contribution is 5.33. The van der Waals surface area contributed by atoms with Crippen LogP contribution in [0.2, 0.25) is 0 Å². The molecule has 16 heavy (non-hydrogen) atoms. The molecule has 1 aliphatic rings. The predicted molar refractivity (Wildman–Crippen MR) is 69.4 cm³/mol. The Morgan fingerprint density at radius 3 is 2.25 bits per heavy atom. The van der Waals surface area contributed by atoms with Crippen LogP contribution in [-0.4, -0.2) is 32.2 Å². The van der Waals surface area contributed by atoms with E-state index in [4.69, 9.17) is 0 Å². The van der Waals surface area contributed by atoms with Crippen LogP contribution in [0.4, 0.5) is 0 Å². The van der Waals surface area contributed by atoms with Gasteiger partial charge in [-0.05, 0) is 17.9 Å². The van der Waals surface area contributed by atoms with Crippen LogP contribution in [0.1, 0.15) is 25.3 Å². The minimum Gasteiger partial charge on any atom is -0.330 e. The van der Waals surface area contributed by atoms with Crippen molar-refractivity contribution in [2.45, 2.75) is 25.2 Å². The summed E-state index contributed by atoms with van der Waals surface area (Å²) >= 11 is 0. The van der Waals surface area contributed by atoms with Crippen LogP contribution in [0.15, 0.2) is 30.3 Å². The standard InChI is InChI=1S/C15H24N/c1-5-13-11-15(13,12-16(2,3)4)14-9-7-6-8-10-14/h6-10,13H,5,11-12H2,1-4H3/q+1. The Balaban J connectivity index is 2.25. The highest BCUT2D eigenvalue weighted by Gasteiger charge is 2.56. The fourth-order valence-electron chi connectivity index (χ4n) is 3.17. The Morgan fingerprint density at radius 2 is 1.81 bits per heavy atom. The van der Waals surface area contributed by atoms with Gasteiger partial charge in [0.05, 0.1) is 27.7 Å². The lowest BCUT2D eigenvalue weighted by Gasteiger charge is -2.30. The van der Waals surface area contributed by atoms with Crippen LogP contribution in [-0.2, 0) is 5.41 Å². The van der Waals surface area contributed by atoms with Crippen molar-refractivity contribution < 1.29 is 4.48 Å². The third kappa shape index (κ3) is 2.15. The molecular formula is C15H24N+. The lowest BCUT2D eigenvalue weighted by atomic mass is 9.91. The Labute approximate surface area is 99.7 Å². The second-order valence-corrected chi connectivity index (χ2v) is 6.28. The van der Waals surface area contributed by atoms with Crippen LogP contribution in [0.25, 0.3) is 0 Å². The summed E-state index contributed by atoms with van der Waals surface area (Å²) in [5, 5.41) is 0. The zero-order valence-corrected chi connectivity index (χ0v) is 11.0. The molecule has 1 nitrogen and oxygen atoms in total. The van der Waals surface area contributed by atoms with Gasteiger partial charge in [-0.1, -0.05) is 43.7 Å². The van der Waals surface area contributed by atoms with Gasteiger partial charge >= 0.3 is 0 Å². The van der Waals surface area contributed by atoms with Crippen molar-refractivity contribution in [2.24, 2.45) is 5.92 Å². The molecule has 0 heterocycles. The van der Waals surface area contributed by atoms with Gasteiger partial charge in [0.15, 0.2) is 0 Å². The van der Waals surface area contributed by atoms with Gasteiger partial charge in [-0.15, -0.1) is 0 Å². The van der Waals surface area contributed by atoms with E-state index in [9.17, 15) is 0 Å². The zero-order valence-electron chi connectivity index (χ0n) is 11.0. The van der Waals surface area contributed by atoms with Crippen LogP contribution >= 0.6 is 0 Å². The Morgan fingerprint density at radius 1 is 1.19 bits per heavy atom. The second-order valence-electron chi connectivity index (χ2n) is 6.28. The van der Waals surface area contributed by atoms with Crippen molar-refractivity contribution >= 4 is 0 Å². The van der Waals surface area contributed by atoms with Crippen molar-refractivity contribution in [3.63, 3.8) is 0 Å². The molecule has 0 bridgehead atoms. The summed E-state index contributed by atoms with van der Waals surface area (Å²) in [5.41, 5.74) is 2.02. The summed E-state index contributed by atoms with van der Waals surface area (Å²) in [6.45, 7) is 3.58. The molecule has 2 atom stereocenters. The number of rotatable bonds is 4. The molecule has 0 saturated heterocycles. The fourth-order valence-corrected chi connectivity index (χ4v) is 3.17. The zero-order chi connectivity index (χ0) is 11.8. The Hall–Kier alpha value is -0.820. The average molecular weight is 218 g/mol. The summed E-state index contributed by atoms with van der Waals surface area (Å²) in [4.78, 5) is 0. The minimum absolute atomic E-state index is 0.467. The third-order valence-electron chi connectivity index (χ3n) is 3.83. The van der Waals surface area contributed by atoms with Crippen LogP contribution < -0.4 is 0 Å². The molecule has 0 spiro atoms. The molecule has 1 fully saturated rings. The number of hydrogen-bond donors (Lipinski definition) is 0. The van der Waals surface area contributed by atoms with Crippen molar-refractivity contribution in [1.82, 2.24) is 0 Å². The number of quaternary nitrogens is 1. The molecular weight excluding hydrogens is 194 g/mol. The molecule has 1 aromatic rings. The molecule has 88 valence electrons. The summed E-state index contributed by atoms with van der Waals surface area (Å²) in [5.74, 6) is 0.896. The maximum Gasteiger partial charge on any atom is 0.0881 e. The first-order chi connectivity index (χ1) is 7.48. The fraction of sp³-hybridized carbons (Fsp3) is 0.600. The Kier molecular flexibility index (Phi) is 2.83. The van der Waals surface area contributed by atoms with Gasteiger partial charge in [-0.25, -0.2) is 0 Å². The molecule has 0 N–H and O–H groups in total. The largest absolute Gasteiger partial charge is 0.330 e. The van der Waals surface area contributed by atoms with Gasteiger partial charge in [0.25, 0.3) is 0 Å². The number of nitrogens with zero attached hydrogens (tertiary/aromatic N) is 1. The molecule has 2 rings (SSSR count). The van der Waals surface area contributed by atoms with E-state index in [0.717, 1.165) is 10.4 Å². The van der Waals surface area contributed by atoms with Crippen LogP contribution in [0.3, 0.4) is 0 Å². The first-order valence-electron chi connectivity index (χ1n) is 6.34. The summed E-state index contributed by atoms with van der Waals surface area (Å²) < 4.78 is 1.06. The van der Waals surface area contributed by atoms with Gasteiger partial charge in [0.1, 0.15) is 0 Å². The molecule has 0 radical (unpaired) electrons. The SMILES string of the molecule is CCC1CC1(C[N+](C)(C)C)c1ccccc1. The molecule has 1 heteroatoms. The maximum atomic E-state index is 2.32. The third-order valence-corrected chi connectivity index (χ3v) is 3.83. The van der Waals surface area contributed by atoms with Gasteiger partial charge in [0, 0.05) is 5.41 Å². The smallest absolute Gasteiger partial charge is 0.0881 e. The van der Waals surface area contributed by atoms with Crippen LogP contribution in [0.5, 0.6) is 0 Å². The van der Waals surface area contributed by atoms with Gasteiger partial charge in [0.2, 0.25) is 0 Å². The van der Waals surface area contributed by atoms with Crippen molar-refractivity contribution in [1.29, 1.82) is 0 Å². The normalized spacial score (nSPS) is 29.1. The number of benzene rings is 1. The van der Waals surface area contributed by atoms with Crippen molar-refractivity contribution in [3.8, 4) is 0 Å². The highest BCUT2D eigenvalue weighted by Crippen LogP contribution is 2.56. The Bertz CT molecular complexity index is 349. The first-order valence-corrected chi connectivity index (χ1v) is 6.34. The molecule has 1 saturated carbocycles. The molecule has 1 aromatic carbocycles. The lowest BCUT2D eigenvalue weighted by Crippen LogP contribution is -2.42. The van der Waals surface area contributed by atoms with E-state index in [2.05, 4.69) is 58.4 Å². The predicted octanol–water partition coefficient (Wildman–Crippen LogP) is 3.06. The van der Waals surface area contributed by atoms with E-state index in [0.29, 0.717) is 5.41 Å². The van der Waals surface area contributed by atoms with E-state index < -0.39 is 0 Å². The quantitative estimate of drug-likeness (QED) is 0.681. The topological polar surface area (TPSA) is 0 Å². The summed E-state index contributed by atoms with van der Waals surface area (Å²) in [7, 11) is 6.90. The molecule has 0 aliphatic heterocycles. The number of likely N-dealkylation sites (N-methyl/N-ethyl adjacent to an activating group) is 1. The number of hydrogen-bond acceptors (Lipinski definition) is 0. The molecule has 0 amide bonds. The van der Waals surface area contributed by atoms with E-state index >= 15 is 0 Å². The monoisotopic (exact) mass is 218 g/mol. The average Bonchev–Trinajstić information content (AvgIpc) is 2.91. The van der Waals surface area contributed by atoms with Crippen LogP contribution in [0, 0.1) is 5.92 Å². The van der Waals surface area contributed by atoms with Gasteiger partial charge in [-0.2, -0.15) is 0 Å². The minimum atomic E-state index is 0.467. The molecule has 2 unspecified atom stereocenters. The lowest BCUT2D eigenvalue weighted by molar-refractivity contribution is -0.873. The van der Waals surface area contributed by atoms with Gasteiger partial charge in [-0.3, -0.25) is 0 Å². The van der Waals surface area contributed by atoms with Gasteiger partial charge < -0.3 is 4.48 Å². The second kappa shape index (κ2) is 3.89. The maximum absolute atomic E-state index is 2.32. The summed E-state index contributed by atoms with van der Waals surface area (Å²) in [6, 6.07) is 11.1.